The minimum absolute atomic E-state index is 0.0373. The number of carboxylic acids is 1. The molecule has 1 aliphatic heterocycles. The first-order valence-electron chi connectivity index (χ1n) is 14.6. The molecule has 1 aromatic carbocycles. The summed E-state index contributed by atoms with van der Waals surface area (Å²) in [6.45, 7) is 0.788. The predicted octanol–water partition coefficient (Wildman–Crippen LogP) is 4.46. The number of aliphatic carboxylic acids is 1. The highest BCUT2D eigenvalue weighted by Crippen LogP contribution is 2.46. The number of allylic oxidation sites excluding steroid dienone is 2. The van der Waals surface area contributed by atoms with Gasteiger partial charge in [0.15, 0.2) is 0 Å². The molecule has 7 rings (SSSR count). The summed E-state index contributed by atoms with van der Waals surface area (Å²) >= 11 is 6.62. The number of fused-ring (bicyclic) bond motifs is 1. The van der Waals surface area contributed by atoms with Crippen LogP contribution < -0.4 is 0 Å². The van der Waals surface area contributed by atoms with Gasteiger partial charge in [0.25, 0.3) is 5.91 Å². The number of amides is 1. The van der Waals surface area contributed by atoms with Crippen molar-refractivity contribution in [2.45, 2.75) is 75.7 Å². The molecule has 40 heavy (non-hydrogen) atoms. The SMILES string of the molecule is O=C(O)C1CC=C(c2nn(C(=O)c3c(Cl)cccc3C3CC3)c3c2CCC(C(=O)N2CC(O)(C4CC4)C2)C3)CC1. The van der Waals surface area contributed by atoms with Gasteiger partial charge in [0.2, 0.25) is 5.91 Å². The minimum Gasteiger partial charge on any atom is -0.481 e. The highest BCUT2D eigenvalue weighted by atomic mass is 35.5. The molecule has 1 saturated heterocycles. The molecule has 2 atom stereocenters. The van der Waals surface area contributed by atoms with E-state index in [4.69, 9.17) is 16.7 Å². The van der Waals surface area contributed by atoms with Gasteiger partial charge in [-0.2, -0.15) is 9.78 Å². The zero-order valence-electron chi connectivity index (χ0n) is 22.4. The number of aromatic nitrogens is 2. The lowest BCUT2D eigenvalue weighted by molar-refractivity contribution is -0.163. The molecule has 8 nitrogen and oxygen atoms in total. The topological polar surface area (TPSA) is 113 Å². The van der Waals surface area contributed by atoms with Crippen molar-refractivity contribution in [2.24, 2.45) is 17.8 Å². The van der Waals surface area contributed by atoms with E-state index < -0.39 is 17.5 Å². The Bertz CT molecular complexity index is 1450. The second kappa shape index (κ2) is 9.55. The molecule has 0 radical (unpaired) electrons. The van der Waals surface area contributed by atoms with Gasteiger partial charge in [0, 0.05) is 17.9 Å². The summed E-state index contributed by atoms with van der Waals surface area (Å²) in [5.74, 6) is -1.06. The van der Waals surface area contributed by atoms with Crippen LogP contribution in [0.5, 0.6) is 0 Å². The first-order chi connectivity index (χ1) is 19.2. The Hall–Kier alpha value is -2.97. The molecule has 2 N–H and O–H groups in total. The van der Waals surface area contributed by atoms with Crippen molar-refractivity contribution in [2.75, 3.05) is 13.1 Å². The second-order valence-corrected chi connectivity index (χ2v) is 12.9. The summed E-state index contributed by atoms with van der Waals surface area (Å²) in [4.78, 5) is 40.9. The molecule has 0 spiro atoms. The van der Waals surface area contributed by atoms with Crippen LogP contribution in [0.4, 0.5) is 0 Å². The van der Waals surface area contributed by atoms with Crippen LogP contribution in [0.15, 0.2) is 24.3 Å². The van der Waals surface area contributed by atoms with E-state index >= 15 is 0 Å². The highest BCUT2D eigenvalue weighted by molar-refractivity contribution is 6.34. The zero-order chi connectivity index (χ0) is 27.8. The molecule has 1 amide bonds. The molecule has 2 heterocycles. The number of halogens is 1. The van der Waals surface area contributed by atoms with Gasteiger partial charge in [-0.15, -0.1) is 0 Å². The summed E-state index contributed by atoms with van der Waals surface area (Å²) < 4.78 is 1.48. The molecule has 1 aromatic heterocycles. The van der Waals surface area contributed by atoms with Crippen LogP contribution in [0.25, 0.3) is 5.57 Å². The van der Waals surface area contributed by atoms with Gasteiger partial charge in [-0.05, 0) is 86.8 Å². The third kappa shape index (κ3) is 4.40. The van der Waals surface area contributed by atoms with Crippen molar-refractivity contribution in [1.29, 1.82) is 0 Å². The molecular formula is C31H34ClN3O5. The molecule has 0 bridgehead atoms. The Labute approximate surface area is 238 Å². The van der Waals surface area contributed by atoms with Crippen LogP contribution in [-0.4, -0.2) is 61.4 Å². The van der Waals surface area contributed by atoms with E-state index in [0.717, 1.165) is 53.8 Å². The number of carbonyl (C=O) groups excluding carboxylic acids is 2. The Morgan fingerprint density at radius 1 is 1.00 bits per heavy atom. The zero-order valence-corrected chi connectivity index (χ0v) is 23.2. The predicted molar refractivity (Wildman–Crippen MR) is 148 cm³/mol. The smallest absolute Gasteiger partial charge is 0.306 e. The van der Waals surface area contributed by atoms with Crippen molar-refractivity contribution >= 4 is 35.0 Å². The van der Waals surface area contributed by atoms with Crippen LogP contribution in [0.3, 0.4) is 0 Å². The molecular weight excluding hydrogens is 530 g/mol. The van der Waals surface area contributed by atoms with E-state index in [1.165, 1.54) is 4.68 Å². The normalized spacial score (nSPS) is 25.6. The standard InChI is InChI=1S/C31H34ClN3O5/c32-24-3-1-2-22(17-4-5-17)26(24)29(37)35-25-14-20(28(36)34-15-31(40,16-34)21-11-12-21)10-13-23(25)27(33-35)18-6-8-19(9-7-18)30(38)39/h1-3,6,17,19-21,40H,4-5,7-16H2,(H,38,39). The summed E-state index contributed by atoms with van der Waals surface area (Å²) in [7, 11) is 0. The van der Waals surface area contributed by atoms with Crippen LogP contribution >= 0.6 is 11.6 Å². The average Bonchev–Trinajstić information content (AvgIpc) is 3.86. The number of β-amino-alcohol motifs (C(OH)–C–C–N with tert-alkyl or cyclic N) is 1. The maximum atomic E-state index is 14.2. The lowest BCUT2D eigenvalue weighted by Crippen LogP contribution is -2.65. The summed E-state index contributed by atoms with van der Waals surface area (Å²) in [6.07, 6.45) is 9.32. The van der Waals surface area contributed by atoms with Gasteiger partial charge in [-0.25, -0.2) is 0 Å². The van der Waals surface area contributed by atoms with Crippen LogP contribution in [0.2, 0.25) is 5.02 Å². The highest BCUT2D eigenvalue weighted by Gasteiger charge is 2.54. The van der Waals surface area contributed by atoms with Crippen molar-refractivity contribution < 1.29 is 24.6 Å². The number of benzene rings is 1. The number of hydrogen-bond acceptors (Lipinski definition) is 5. The first kappa shape index (κ1) is 26.0. The van der Waals surface area contributed by atoms with E-state index in [2.05, 4.69) is 0 Å². The monoisotopic (exact) mass is 563 g/mol. The third-order valence-corrected chi connectivity index (χ3v) is 10.0. The number of rotatable bonds is 6. The maximum Gasteiger partial charge on any atom is 0.306 e. The van der Waals surface area contributed by atoms with Crippen LogP contribution in [-0.2, 0) is 22.4 Å². The molecule has 9 heteroatoms. The fourth-order valence-corrected chi connectivity index (χ4v) is 7.30. The third-order valence-electron chi connectivity index (χ3n) is 9.73. The van der Waals surface area contributed by atoms with Crippen molar-refractivity contribution in [3.8, 4) is 0 Å². The van der Waals surface area contributed by atoms with Gasteiger partial charge in [-0.3, -0.25) is 14.4 Å². The van der Waals surface area contributed by atoms with Crippen molar-refractivity contribution in [1.82, 2.24) is 14.7 Å². The molecule has 210 valence electrons. The van der Waals surface area contributed by atoms with Gasteiger partial charge in [0.05, 0.1) is 41.0 Å². The molecule has 2 unspecified atom stereocenters. The van der Waals surface area contributed by atoms with E-state index in [1.807, 2.05) is 18.2 Å². The average molecular weight is 564 g/mol. The summed E-state index contributed by atoms with van der Waals surface area (Å²) in [6, 6.07) is 5.60. The minimum atomic E-state index is -0.787. The first-order valence-corrected chi connectivity index (χ1v) is 15.0. The fourth-order valence-electron chi connectivity index (χ4n) is 7.04. The van der Waals surface area contributed by atoms with Gasteiger partial charge < -0.3 is 15.1 Å². The molecule has 4 aliphatic carbocycles. The van der Waals surface area contributed by atoms with Crippen molar-refractivity contribution in [3.63, 3.8) is 0 Å². The Morgan fingerprint density at radius 2 is 1.75 bits per heavy atom. The van der Waals surface area contributed by atoms with E-state index in [9.17, 15) is 24.6 Å². The Morgan fingerprint density at radius 3 is 2.40 bits per heavy atom. The largest absolute Gasteiger partial charge is 0.481 e. The maximum absolute atomic E-state index is 14.2. The number of aliphatic hydroxyl groups is 1. The number of likely N-dealkylation sites (tertiary alicyclic amines) is 1. The number of carbonyl (C=O) groups is 3. The quantitative estimate of drug-likeness (QED) is 0.536. The summed E-state index contributed by atoms with van der Waals surface area (Å²) in [5.41, 5.74) is 4.17. The van der Waals surface area contributed by atoms with E-state index in [-0.39, 0.29) is 17.7 Å². The lowest BCUT2D eigenvalue weighted by atomic mass is 9.81. The molecule has 3 fully saturated rings. The van der Waals surface area contributed by atoms with Crippen molar-refractivity contribution in [3.05, 3.63) is 57.4 Å². The number of carboxylic acid groups (broad SMARTS) is 1. The van der Waals surface area contributed by atoms with E-state index in [0.29, 0.717) is 74.0 Å². The Balaban J connectivity index is 1.22. The van der Waals surface area contributed by atoms with Gasteiger partial charge in [-0.1, -0.05) is 29.8 Å². The van der Waals surface area contributed by atoms with Crippen LogP contribution in [0.1, 0.15) is 90.2 Å². The second-order valence-electron chi connectivity index (χ2n) is 12.5. The lowest BCUT2D eigenvalue weighted by Gasteiger charge is -2.48. The number of hydrogen-bond donors (Lipinski definition) is 2. The van der Waals surface area contributed by atoms with Gasteiger partial charge >= 0.3 is 5.97 Å². The molecule has 2 saturated carbocycles. The Kier molecular flexibility index (Phi) is 6.20. The fraction of sp³-hybridized carbons (Fsp3) is 0.548. The summed E-state index contributed by atoms with van der Waals surface area (Å²) in [5, 5.41) is 25.5. The van der Waals surface area contributed by atoms with Gasteiger partial charge in [0.1, 0.15) is 5.60 Å². The van der Waals surface area contributed by atoms with E-state index in [1.54, 1.807) is 11.0 Å². The molecule has 5 aliphatic rings. The van der Waals surface area contributed by atoms with Crippen LogP contribution in [0, 0.1) is 17.8 Å². The number of nitrogens with zero attached hydrogens (tertiary/aromatic N) is 3. The molecule has 2 aromatic rings.